The first-order chi connectivity index (χ1) is 16.6. The number of amides is 1. The summed E-state index contributed by atoms with van der Waals surface area (Å²) in [4.78, 5) is 23.5. The van der Waals surface area contributed by atoms with E-state index in [0.29, 0.717) is 36.6 Å². The van der Waals surface area contributed by atoms with Crippen LogP contribution in [0.1, 0.15) is 46.7 Å². The first-order valence-corrected chi connectivity index (χ1v) is 12.7. The van der Waals surface area contributed by atoms with Crippen LogP contribution in [0.25, 0.3) is 0 Å². The molecule has 0 saturated heterocycles. The molecule has 0 aliphatic carbocycles. The van der Waals surface area contributed by atoms with Crippen molar-refractivity contribution in [1.29, 1.82) is 0 Å². The van der Waals surface area contributed by atoms with Crippen LogP contribution in [0.5, 0.6) is 0 Å². The topological polar surface area (TPSA) is 127 Å². The lowest BCUT2D eigenvalue weighted by Crippen LogP contribution is -2.30. The molecule has 0 radical (unpaired) electrons. The van der Waals surface area contributed by atoms with Crippen LogP contribution >= 0.6 is 0 Å². The summed E-state index contributed by atoms with van der Waals surface area (Å²) in [6, 6.07) is 13.4. The van der Waals surface area contributed by atoms with Crippen LogP contribution in [0, 0.1) is 24.0 Å². The van der Waals surface area contributed by atoms with Crippen molar-refractivity contribution in [1.82, 2.24) is 19.4 Å². The molecule has 0 aliphatic rings. The largest absolute Gasteiger partial charge is 0.348 e. The highest BCUT2D eigenvalue weighted by molar-refractivity contribution is 7.89. The van der Waals surface area contributed by atoms with Gasteiger partial charge in [0.25, 0.3) is 5.91 Å². The minimum atomic E-state index is -3.52. The zero-order valence-corrected chi connectivity index (χ0v) is 21.0. The van der Waals surface area contributed by atoms with Gasteiger partial charge in [-0.2, -0.15) is 9.40 Å². The molecule has 0 atom stereocenters. The van der Waals surface area contributed by atoms with E-state index in [2.05, 4.69) is 10.4 Å². The lowest BCUT2D eigenvalue weighted by Gasteiger charge is -2.18. The van der Waals surface area contributed by atoms with Crippen molar-refractivity contribution in [3.8, 4) is 0 Å². The number of benzene rings is 2. The molecule has 3 aromatic rings. The SMILES string of the molecule is CCN(CC)S(=O)(=O)c1ccc(CNC(=O)c2ccc(Cn3nc(C)c([N+](=O)[O-])c3C)cc2)cc1. The Labute approximate surface area is 204 Å². The lowest BCUT2D eigenvalue weighted by atomic mass is 10.1. The highest BCUT2D eigenvalue weighted by Gasteiger charge is 2.22. The Kier molecular flexibility index (Phi) is 8.03. The first-order valence-electron chi connectivity index (χ1n) is 11.2. The summed E-state index contributed by atoms with van der Waals surface area (Å²) in [6.45, 7) is 8.25. The Morgan fingerprint density at radius 1 is 1.03 bits per heavy atom. The third-order valence-corrected chi connectivity index (χ3v) is 7.86. The normalized spacial score (nSPS) is 11.6. The highest BCUT2D eigenvalue weighted by atomic mass is 32.2. The summed E-state index contributed by atoms with van der Waals surface area (Å²) < 4.78 is 28.1. The number of nitrogens with zero attached hydrogens (tertiary/aromatic N) is 4. The van der Waals surface area contributed by atoms with Crippen molar-refractivity contribution in [2.24, 2.45) is 0 Å². The Bertz CT molecular complexity index is 1310. The van der Waals surface area contributed by atoms with Gasteiger partial charge < -0.3 is 5.32 Å². The van der Waals surface area contributed by atoms with E-state index < -0.39 is 14.9 Å². The Morgan fingerprint density at radius 3 is 2.11 bits per heavy atom. The molecule has 1 amide bonds. The third kappa shape index (κ3) is 5.75. The van der Waals surface area contributed by atoms with Gasteiger partial charge in [0.2, 0.25) is 10.0 Å². The molecule has 0 bridgehead atoms. The maximum Gasteiger partial charge on any atom is 0.312 e. The molecular formula is C24H29N5O5S. The Balaban J connectivity index is 1.61. The Hall–Kier alpha value is -3.57. The number of nitro groups is 1. The van der Waals surface area contributed by atoms with Crippen molar-refractivity contribution in [2.75, 3.05) is 13.1 Å². The first kappa shape index (κ1) is 26.0. The van der Waals surface area contributed by atoms with Gasteiger partial charge in [0.05, 0.1) is 16.4 Å². The number of rotatable bonds is 10. The summed E-state index contributed by atoms with van der Waals surface area (Å²) in [6.07, 6.45) is 0. The highest BCUT2D eigenvalue weighted by Crippen LogP contribution is 2.22. The molecule has 11 heteroatoms. The second kappa shape index (κ2) is 10.8. The maximum absolute atomic E-state index is 12.6. The van der Waals surface area contributed by atoms with Gasteiger partial charge in [-0.1, -0.05) is 38.1 Å². The van der Waals surface area contributed by atoms with E-state index in [0.717, 1.165) is 11.1 Å². The summed E-state index contributed by atoms with van der Waals surface area (Å²) in [7, 11) is -3.52. The summed E-state index contributed by atoms with van der Waals surface area (Å²) >= 11 is 0. The standard InChI is InChI=1S/C24H29N5O5S/c1-5-27(6-2)35(33,34)22-13-9-19(10-14-22)15-25-24(30)21-11-7-20(8-12-21)16-28-18(4)23(29(31)32)17(3)26-28/h7-14H,5-6,15-16H2,1-4H3,(H,25,30). The van der Waals surface area contributed by atoms with Crippen molar-refractivity contribution in [2.45, 2.75) is 45.7 Å². The molecule has 0 unspecified atom stereocenters. The zero-order valence-electron chi connectivity index (χ0n) is 20.2. The van der Waals surface area contributed by atoms with Crippen LogP contribution in [0.2, 0.25) is 0 Å². The molecule has 0 aliphatic heterocycles. The number of carbonyl (C=O) groups is 1. The number of nitrogens with one attached hydrogen (secondary N) is 1. The molecule has 2 aromatic carbocycles. The molecule has 0 saturated carbocycles. The molecule has 35 heavy (non-hydrogen) atoms. The van der Waals surface area contributed by atoms with Gasteiger partial charge in [-0.05, 0) is 49.2 Å². The van der Waals surface area contributed by atoms with Crippen LogP contribution in [-0.4, -0.2) is 46.4 Å². The fourth-order valence-corrected chi connectivity index (χ4v) is 5.27. The predicted molar refractivity (Wildman–Crippen MR) is 132 cm³/mol. The average Bonchev–Trinajstić information content (AvgIpc) is 3.11. The van der Waals surface area contributed by atoms with E-state index in [1.54, 1.807) is 80.9 Å². The van der Waals surface area contributed by atoms with Crippen molar-refractivity contribution >= 4 is 21.6 Å². The molecule has 1 heterocycles. The second-order valence-corrected chi connectivity index (χ2v) is 9.99. The molecule has 0 spiro atoms. The maximum atomic E-state index is 12.6. The molecule has 186 valence electrons. The van der Waals surface area contributed by atoms with Gasteiger partial charge in [-0.15, -0.1) is 0 Å². The van der Waals surface area contributed by atoms with Gasteiger partial charge in [-0.3, -0.25) is 19.6 Å². The van der Waals surface area contributed by atoms with Crippen molar-refractivity contribution in [3.63, 3.8) is 0 Å². The summed E-state index contributed by atoms with van der Waals surface area (Å²) in [5.41, 5.74) is 2.95. The van der Waals surface area contributed by atoms with Crippen molar-refractivity contribution in [3.05, 3.63) is 86.7 Å². The van der Waals surface area contributed by atoms with Gasteiger partial charge in [0.15, 0.2) is 0 Å². The summed E-state index contributed by atoms with van der Waals surface area (Å²) in [5.74, 6) is -0.266. The predicted octanol–water partition coefficient (Wildman–Crippen LogP) is 3.42. The van der Waals surface area contributed by atoms with Crippen LogP contribution in [0.15, 0.2) is 53.4 Å². The third-order valence-electron chi connectivity index (χ3n) is 5.79. The molecule has 3 rings (SSSR count). The van der Waals surface area contributed by atoms with E-state index in [1.807, 2.05) is 0 Å². The molecule has 1 aromatic heterocycles. The molecular weight excluding hydrogens is 470 g/mol. The number of aromatic nitrogens is 2. The van der Waals surface area contributed by atoms with Crippen LogP contribution in [0.3, 0.4) is 0 Å². The number of hydrogen-bond donors (Lipinski definition) is 1. The van der Waals surface area contributed by atoms with Crippen LogP contribution in [0.4, 0.5) is 5.69 Å². The van der Waals surface area contributed by atoms with E-state index in [1.165, 1.54) is 4.31 Å². The zero-order chi connectivity index (χ0) is 25.8. The number of aryl methyl sites for hydroxylation is 1. The van der Waals surface area contributed by atoms with Crippen LogP contribution < -0.4 is 5.32 Å². The number of hydrogen-bond acceptors (Lipinski definition) is 6. The van der Waals surface area contributed by atoms with Gasteiger partial charge >= 0.3 is 5.69 Å². The van der Waals surface area contributed by atoms with E-state index in [4.69, 9.17) is 0 Å². The number of carbonyl (C=O) groups excluding carboxylic acids is 1. The number of sulfonamides is 1. The lowest BCUT2D eigenvalue weighted by molar-refractivity contribution is -0.386. The van der Waals surface area contributed by atoms with Gasteiger partial charge in [0, 0.05) is 25.2 Å². The van der Waals surface area contributed by atoms with Crippen LogP contribution in [-0.2, 0) is 23.1 Å². The van der Waals surface area contributed by atoms with E-state index >= 15 is 0 Å². The minimum absolute atomic E-state index is 0.0136. The van der Waals surface area contributed by atoms with E-state index in [9.17, 15) is 23.3 Å². The smallest absolute Gasteiger partial charge is 0.312 e. The minimum Gasteiger partial charge on any atom is -0.348 e. The summed E-state index contributed by atoms with van der Waals surface area (Å²) in [5, 5.41) is 18.3. The Morgan fingerprint density at radius 2 is 1.60 bits per heavy atom. The second-order valence-electron chi connectivity index (χ2n) is 8.05. The van der Waals surface area contributed by atoms with Gasteiger partial charge in [0.1, 0.15) is 11.4 Å². The average molecular weight is 500 g/mol. The molecule has 10 nitrogen and oxygen atoms in total. The van der Waals surface area contributed by atoms with Crippen molar-refractivity contribution < 1.29 is 18.1 Å². The monoisotopic (exact) mass is 499 g/mol. The molecule has 1 N–H and O–H groups in total. The fraction of sp³-hybridized carbons (Fsp3) is 0.333. The fourth-order valence-electron chi connectivity index (χ4n) is 3.82. The van der Waals surface area contributed by atoms with E-state index in [-0.39, 0.29) is 23.0 Å². The quantitative estimate of drug-likeness (QED) is 0.336. The molecule has 0 fully saturated rings. The van der Waals surface area contributed by atoms with Gasteiger partial charge in [-0.25, -0.2) is 8.42 Å².